The smallest absolute Gasteiger partial charge is 0.324 e. The van der Waals surface area contributed by atoms with Gasteiger partial charge in [-0.05, 0) is 25.0 Å². The van der Waals surface area contributed by atoms with Crippen LogP contribution in [-0.2, 0) is 9.53 Å². The van der Waals surface area contributed by atoms with E-state index in [1.165, 1.54) is 0 Å². The summed E-state index contributed by atoms with van der Waals surface area (Å²) in [5.74, 6) is 0.0731. The summed E-state index contributed by atoms with van der Waals surface area (Å²) in [6.07, 6.45) is -0.101. The molecule has 0 spiro atoms. The van der Waals surface area contributed by atoms with Gasteiger partial charge in [0, 0.05) is 5.25 Å². The lowest BCUT2D eigenvalue weighted by Gasteiger charge is -2.27. The van der Waals surface area contributed by atoms with Gasteiger partial charge in [-0.2, -0.15) is 11.8 Å². The number of esters is 1. The summed E-state index contributed by atoms with van der Waals surface area (Å²) in [7, 11) is 0. The molecule has 0 heterocycles. The normalized spacial score (nSPS) is 15.6. The van der Waals surface area contributed by atoms with Crippen molar-refractivity contribution in [1.82, 2.24) is 0 Å². The monoisotopic (exact) mass is 247 g/mol. The number of carbonyl (C=O) groups is 1. The highest BCUT2D eigenvalue weighted by molar-refractivity contribution is 8.00. The third-order valence-electron chi connectivity index (χ3n) is 2.06. The maximum Gasteiger partial charge on any atom is 0.324 e. The van der Waals surface area contributed by atoms with E-state index in [1.54, 1.807) is 11.8 Å². The number of hydrogen-bond donors (Lipinski definition) is 1. The largest absolute Gasteiger partial charge is 0.462 e. The summed E-state index contributed by atoms with van der Waals surface area (Å²) in [4.78, 5) is 11.7. The van der Waals surface area contributed by atoms with Gasteiger partial charge in [0.05, 0.1) is 6.10 Å². The standard InChI is InChI=1S/C12H25NO2S/c1-7(2)11(16-9(5)6)10(13)12(14)15-8(3)4/h7-11H,13H2,1-6H3. The average molecular weight is 247 g/mol. The Hall–Kier alpha value is -0.220. The molecule has 2 N–H and O–H groups in total. The molecule has 0 aromatic carbocycles. The molecule has 2 unspecified atom stereocenters. The molecule has 16 heavy (non-hydrogen) atoms. The second-order valence-corrected chi connectivity index (χ2v) is 6.66. The number of nitrogens with two attached hydrogens (primary N) is 1. The molecule has 4 heteroatoms. The summed E-state index contributed by atoms with van der Waals surface area (Å²) in [6, 6.07) is -0.533. The van der Waals surface area contributed by atoms with Crippen LogP contribution in [-0.4, -0.2) is 28.6 Å². The maximum absolute atomic E-state index is 11.7. The molecule has 0 aliphatic carbocycles. The number of rotatable bonds is 6. The van der Waals surface area contributed by atoms with Crippen LogP contribution >= 0.6 is 11.8 Å². The number of ether oxygens (including phenoxy) is 1. The van der Waals surface area contributed by atoms with E-state index in [4.69, 9.17) is 10.5 Å². The zero-order valence-electron chi connectivity index (χ0n) is 11.2. The highest BCUT2D eigenvalue weighted by atomic mass is 32.2. The van der Waals surface area contributed by atoms with E-state index in [2.05, 4.69) is 27.7 Å². The van der Waals surface area contributed by atoms with Crippen molar-refractivity contribution in [2.75, 3.05) is 0 Å². The van der Waals surface area contributed by atoms with Gasteiger partial charge in [-0.15, -0.1) is 0 Å². The molecule has 0 rings (SSSR count). The van der Waals surface area contributed by atoms with Crippen molar-refractivity contribution in [2.24, 2.45) is 11.7 Å². The first-order valence-corrected chi connectivity index (χ1v) is 6.81. The zero-order valence-corrected chi connectivity index (χ0v) is 12.0. The van der Waals surface area contributed by atoms with Crippen LogP contribution in [0.15, 0.2) is 0 Å². The topological polar surface area (TPSA) is 52.3 Å². The molecule has 0 radical (unpaired) electrons. The van der Waals surface area contributed by atoms with Gasteiger partial charge in [-0.3, -0.25) is 4.79 Å². The SMILES string of the molecule is CC(C)OC(=O)C(N)C(SC(C)C)C(C)C. The summed E-state index contributed by atoms with van der Waals surface area (Å²) >= 11 is 1.75. The van der Waals surface area contributed by atoms with Crippen LogP contribution in [0.1, 0.15) is 41.5 Å². The molecule has 0 bridgehead atoms. The van der Waals surface area contributed by atoms with Crippen molar-refractivity contribution in [1.29, 1.82) is 0 Å². The number of thioether (sulfide) groups is 1. The van der Waals surface area contributed by atoms with Gasteiger partial charge in [0.15, 0.2) is 0 Å². The zero-order chi connectivity index (χ0) is 12.9. The predicted octanol–water partition coefficient (Wildman–Crippen LogP) is 2.43. The Balaban J connectivity index is 4.48. The lowest BCUT2D eigenvalue weighted by atomic mass is 10.0. The molecule has 0 amide bonds. The molecule has 0 aliphatic heterocycles. The van der Waals surface area contributed by atoms with E-state index in [0.717, 1.165) is 0 Å². The maximum atomic E-state index is 11.7. The first-order valence-electron chi connectivity index (χ1n) is 5.87. The van der Waals surface area contributed by atoms with Crippen molar-refractivity contribution in [3.05, 3.63) is 0 Å². The van der Waals surface area contributed by atoms with Crippen molar-refractivity contribution >= 4 is 17.7 Å². The Labute approximate surface area is 103 Å². The van der Waals surface area contributed by atoms with Crippen molar-refractivity contribution in [2.45, 2.75) is 64.2 Å². The molecule has 2 atom stereocenters. The van der Waals surface area contributed by atoms with E-state index in [9.17, 15) is 4.79 Å². The van der Waals surface area contributed by atoms with Crippen LogP contribution in [0.5, 0.6) is 0 Å². The van der Waals surface area contributed by atoms with Crippen LogP contribution in [0.4, 0.5) is 0 Å². The Bertz CT molecular complexity index is 217. The number of carbonyl (C=O) groups excluding carboxylic acids is 1. The quantitative estimate of drug-likeness (QED) is 0.732. The minimum Gasteiger partial charge on any atom is -0.462 e. The van der Waals surface area contributed by atoms with Crippen LogP contribution in [0.3, 0.4) is 0 Å². The molecule has 0 saturated carbocycles. The van der Waals surface area contributed by atoms with Gasteiger partial charge in [-0.1, -0.05) is 27.7 Å². The molecule has 0 saturated heterocycles. The van der Waals surface area contributed by atoms with Crippen LogP contribution < -0.4 is 5.73 Å². The van der Waals surface area contributed by atoms with Gasteiger partial charge in [0.25, 0.3) is 0 Å². The predicted molar refractivity (Wildman–Crippen MR) is 70.6 cm³/mol. The molecular weight excluding hydrogens is 222 g/mol. The van der Waals surface area contributed by atoms with E-state index in [0.29, 0.717) is 11.2 Å². The third kappa shape index (κ3) is 5.75. The Kier molecular flexibility index (Phi) is 7.07. The first-order chi connectivity index (χ1) is 7.25. The molecule has 0 aromatic heterocycles. The summed E-state index contributed by atoms with van der Waals surface area (Å²) < 4.78 is 5.15. The van der Waals surface area contributed by atoms with E-state index < -0.39 is 6.04 Å². The Morgan fingerprint density at radius 1 is 1.12 bits per heavy atom. The van der Waals surface area contributed by atoms with Gasteiger partial charge >= 0.3 is 5.97 Å². The lowest BCUT2D eigenvalue weighted by molar-refractivity contribution is -0.149. The molecule has 3 nitrogen and oxygen atoms in total. The van der Waals surface area contributed by atoms with E-state index >= 15 is 0 Å². The fourth-order valence-corrected chi connectivity index (χ4v) is 2.64. The Morgan fingerprint density at radius 3 is 1.94 bits per heavy atom. The molecular formula is C12H25NO2S. The number of hydrogen-bond acceptors (Lipinski definition) is 4. The van der Waals surface area contributed by atoms with Crippen LogP contribution in [0.25, 0.3) is 0 Å². The minimum absolute atomic E-state index is 0.101. The minimum atomic E-state index is -0.533. The fraction of sp³-hybridized carbons (Fsp3) is 0.917. The van der Waals surface area contributed by atoms with Gasteiger partial charge in [0.2, 0.25) is 0 Å². The lowest BCUT2D eigenvalue weighted by Crippen LogP contribution is -2.45. The van der Waals surface area contributed by atoms with Crippen LogP contribution in [0, 0.1) is 5.92 Å². The van der Waals surface area contributed by atoms with Crippen molar-refractivity contribution < 1.29 is 9.53 Å². The molecule has 0 fully saturated rings. The molecule has 0 aliphatic rings. The van der Waals surface area contributed by atoms with Crippen molar-refractivity contribution in [3.63, 3.8) is 0 Å². The van der Waals surface area contributed by atoms with Crippen LogP contribution in [0.2, 0.25) is 0 Å². The van der Waals surface area contributed by atoms with Gasteiger partial charge < -0.3 is 10.5 Å². The summed E-state index contributed by atoms with van der Waals surface area (Å²) in [6.45, 7) is 12.1. The highest BCUT2D eigenvalue weighted by Crippen LogP contribution is 2.26. The first kappa shape index (κ1) is 15.8. The Morgan fingerprint density at radius 2 is 1.62 bits per heavy atom. The van der Waals surface area contributed by atoms with E-state index in [1.807, 2.05) is 13.8 Å². The van der Waals surface area contributed by atoms with E-state index in [-0.39, 0.29) is 17.3 Å². The fourth-order valence-electron chi connectivity index (χ4n) is 1.42. The van der Waals surface area contributed by atoms with Crippen molar-refractivity contribution in [3.8, 4) is 0 Å². The highest BCUT2D eigenvalue weighted by Gasteiger charge is 2.30. The third-order valence-corrected chi connectivity index (χ3v) is 3.76. The van der Waals surface area contributed by atoms with Gasteiger partial charge in [0.1, 0.15) is 6.04 Å². The summed E-state index contributed by atoms with van der Waals surface area (Å²) in [5, 5.41) is 0.580. The summed E-state index contributed by atoms with van der Waals surface area (Å²) in [5.41, 5.74) is 5.96. The molecule has 96 valence electrons. The molecule has 0 aromatic rings. The second-order valence-electron chi connectivity index (χ2n) is 4.90. The average Bonchev–Trinajstić information content (AvgIpc) is 2.11. The van der Waals surface area contributed by atoms with Gasteiger partial charge in [-0.25, -0.2) is 0 Å². The second kappa shape index (κ2) is 7.17.